The zero-order valence-electron chi connectivity index (χ0n) is 11.5. The molecule has 0 bridgehead atoms. The van der Waals surface area contributed by atoms with E-state index in [-0.39, 0.29) is 18.3 Å². The van der Waals surface area contributed by atoms with Gasteiger partial charge in [0.15, 0.2) is 5.69 Å². The first-order valence-corrected chi connectivity index (χ1v) is 7.29. The van der Waals surface area contributed by atoms with Gasteiger partial charge in [0, 0.05) is 40.9 Å². The SMILES string of the molecule is Cc1cc(NC(=O)c2n[nH]c3c2CNCC3)ccc1Br.Cl. The Labute approximate surface area is 137 Å². The molecule has 1 aromatic carbocycles. The lowest BCUT2D eigenvalue weighted by atomic mass is 10.1. The summed E-state index contributed by atoms with van der Waals surface area (Å²) in [4.78, 5) is 12.3. The predicted molar refractivity (Wildman–Crippen MR) is 88.1 cm³/mol. The maximum Gasteiger partial charge on any atom is 0.276 e. The van der Waals surface area contributed by atoms with Crippen molar-refractivity contribution in [2.45, 2.75) is 19.9 Å². The molecule has 0 spiro atoms. The summed E-state index contributed by atoms with van der Waals surface area (Å²) in [5.74, 6) is -0.173. The van der Waals surface area contributed by atoms with Gasteiger partial charge in [0.25, 0.3) is 5.91 Å². The number of rotatable bonds is 2. The van der Waals surface area contributed by atoms with Gasteiger partial charge in [-0.25, -0.2) is 0 Å². The highest BCUT2D eigenvalue weighted by Gasteiger charge is 2.21. The smallest absolute Gasteiger partial charge is 0.276 e. The highest BCUT2D eigenvalue weighted by Crippen LogP contribution is 2.21. The molecule has 1 aliphatic rings. The minimum atomic E-state index is -0.173. The van der Waals surface area contributed by atoms with Crippen LogP contribution < -0.4 is 10.6 Å². The van der Waals surface area contributed by atoms with Gasteiger partial charge in [-0.2, -0.15) is 5.10 Å². The van der Waals surface area contributed by atoms with Crippen molar-refractivity contribution in [2.24, 2.45) is 0 Å². The van der Waals surface area contributed by atoms with Crippen LogP contribution in [0.4, 0.5) is 5.69 Å². The highest BCUT2D eigenvalue weighted by molar-refractivity contribution is 9.10. The number of amides is 1. The molecule has 0 fully saturated rings. The molecule has 0 unspecified atom stereocenters. The lowest BCUT2D eigenvalue weighted by molar-refractivity contribution is 0.102. The second-order valence-electron chi connectivity index (χ2n) is 4.87. The summed E-state index contributed by atoms with van der Waals surface area (Å²) in [6.45, 7) is 3.59. The Balaban J connectivity index is 0.00000161. The van der Waals surface area contributed by atoms with Gasteiger partial charge in [0.05, 0.1) is 0 Å². The van der Waals surface area contributed by atoms with Crippen LogP contribution in [-0.2, 0) is 13.0 Å². The summed E-state index contributed by atoms with van der Waals surface area (Å²) in [6, 6.07) is 5.72. The molecule has 0 saturated heterocycles. The number of anilines is 1. The Morgan fingerprint density at radius 3 is 3.00 bits per heavy atom. The summed E-state index contributed by atoms with van der Waals surface area (Å²) in [5.41, 5.74) is 4.36. The molecule has 21 heavy (non-hydrogen) atoms. The molecule has 7 heteroatoms. The van der Waals surface area contributed by atoms with Crippen molar-refractivity contribution in [1.29, 1.82) is 0 Å². The van der Waals surface area contributed by atoms with Crippen molar-refractivity contribution < 1.29 is 4.79 Å². The molecule has 5 nitrogen and oxygen atoms in total. The van der Waals surface area contributed by atoms with Crippen molar-refractivity contribution in [3.8, 4) is 0 Å². The van der Waals surface area contributed by atoms with Gasteiger partial charge < -0.3 is 10.6 Å². The van der Waals surface area contributed by atoms with E-state index in [0.717, 1.165) is 39.9 Å². The number of hydrogen-bond acceptors (Lipinski definition) is 3. The summed E-state index contributed by atoms with van der Waals surface area (Å²) >= 11 is 3.45. The Hall–Kier alpha value is -1.37. The third kappa shape index (κ3) is 3.28. The molecule has 2 aromatic rings. The Morgan fingerprint density at radius 1 is 1.43 bits per heavy atom. The minimum Gasteiger partial charge on any atom is -0.321 e. The Kier molecular flexibility index (Phi) is 5.03. The number of nitrogens with zero attached hydrogens (tertiary/aromatic N) is 1. The van der Waals surface area contributed by atoms with E-state index in [1.807, 2.05) is 25.1 Å². The zero-order chi connectivity index (χ0) is 14.1. The number of aryl methyl sites for hydroxylation is 1. The number of aromatic amines is 1. The van der Waals surface area contributed by atoms with Gasteiger partial charge in [-0.1, -0.05) is 15.9 Å². The van der Waals surface area contributed by atoms with Gasteiger partial charge >= 0.3 is 0 Å². The van der Waals surface area contributed by atoms with Gasteiger partial charge in [-0.3, -0.25) is 9.89 Å². The normalized spacial score (nSPS) is 13.2. The number of halogens is 2. The third-order valence-electron chi connectivity index (χ3n) is 3.44. The van der Waals surface area contributed by atoms with Gasteiger partial charge in [-0.05, 0) is 30.7 Å². The zero-order valence-corrected chi connectivity index (χ0v) is 13.9. The van der Waals surface area contributed by atoms with E-state index in [4.69, 9.17) is 0 Å². The maximum absolute atomic E-state index is 12.3. The average molecular weight is 372 g/mol. The van der Waals surface area contributed by atoms with Crippen molar-refractivity contribution in [1.82, 2.24) is 15.5 Å². The molecule has 0 saturated carbocycles. The summed E-state index contributed by atoms with van der Waals surface area (Å²) in [5, 5.41) is 13.3. The largest absolute Gasteiger partial charge is 0.321 e. The molecule has 3 N–H and O–H groups in total. The van der Waals surface area contributed by atoms with Crippen molar-refractivity contribution in [2.75, 3.05) is 11.9 Å². The number of hydrogen-bond donors (Lipinski definition) is 3. The molecule has 0 radical (unpaired) electrons. The number of nitrogens with one attached hydrogen (secondary N) is 3. The molecule has 0 aliphatic carbocycles. The molecule has 2 heterocycles. The van der Waals surface area contributed by atoms with E-state index in [2.05, 4.69) is 36.8 Å². The second kappa shape index (κ2) is 6.60. The molecule has 1 amide bonds. The standard InChI is InChI=1S/C14H15BrN4O.ClH/c1-8-6-9(2-3-11(8)15)17-14(20)13-10-7-16-5-4-12(10)18-19-13;/h2-3,6,16H,4-5,7H2,1H3,(H,17,20)(H,18,19);1H. The number of fused-ring (bicyclic) bond motifs is 1. The second-order valence-corrected chi connectivity index (χ2v) is 5.73. The first kappa shape index (κ1) is 16.0. The van der Waals surface area contributed by atoms with Crippen molar-refractivity contribution in [3.63, 3.8) is 0 Å². The highest BCUT2D eigenvalue weighted by atomic mass is 79.9. The van der Waals surface area contributed by atoms with E-state index in [1.54, 1.807) is 0 Å². The van der Waals surface area contributed by atoms with Crippen LogP contribution in [0.25, 0.3) is 0 Å². The fourth-order valence-electron chi connectivity index (χ4n) is 2.33. The summed E-state index contributed by atoms with van der Waals surface area (Å²) in [6.07, 6.45) is 0.882. The van der Waals surface area contributed by atoms with E-state index in [0.29, 0.717) is 12.2 Å². The van der Waals surface area contributed by atoms with E-state index in [1.165, 1.54) is 0 Å². The number of aromatic nitrogens is 2. The van der Waals surface area contributed by atoms with Crippen LogP contribution in [0.3, 0.4) is 0 Å². The van der Waals surface area contributed by atoms with E-state index in [9.17, 15) is 4.79 Å². The Bertz CT molecular complexity index is 671. The van der Waals surface area contributed by atoms with Crippen LogP contribution in [0.1, 0.15) is 27.3 Å². The third-order valence-corrected chi connectivity index (χ3v) is 4.33. The topological polar surface area (TPSA) is 69.8 Å². The Morgan fingerprint density at radius 2 is 2.24 bits per heavy atom. The quantitative estimate of drug-likeness (QED) is 0.760. The number of benzene rings is 1. The van der Waals surface area contributed by atoms with Crippen molar-refractivity contribution >= 4 is 39.9 Å². The monoisotopic (exact) mass is 370 g/mol. The van der Waals surface area contributed by atoms with E-state index >= 15 is 0 Å². The van der Waals surface area contributed by atoms with Gasteiger partial charge in [-0.15, -0.1) is 12.4 Å². The lowest BCUT2D eigenvalue weighted by Gasteiger charge is -2.13. The van der Waals surface area contributed by atoms with Crippen LogP contribution in [-0.4, -0.2) is 22.6 Å². The molecule has 1 aromatic heterocycles. The molecule has 0 atom stereocenters. The summed E-state index contributed by atoms with van der Waals surface area (Å²) < 4.78 is 1.02. The first-order chi connectivity index (χ1) is 9.65. The van der Waals surface area contributed by atoms with Crippen LogP contribution in [0.2, 0.25) is 0 Å². The molecular weight excluding hydrogens is 356 g/mol. The van der Waals surface area contributed by atoms with E-state index < -0.39 is 0 Å². The fourth-order valence-corrected chi connectivity index (χ4v) is 2.57. The van der Waals surface area contributed by atoms with Crippen molar-refractivity contribution in [3.05, 3.63) is 45.2 Å². The number of carbonyl (C=O) groups is 1. The molecular formula is C14H16BrClN4O. The molecule has 1 aliphatic heterocycles. The van der Waals surface area contributed by atoms with Crippen LogP contribution in [0, 0.1) is 6.92 Å². The van der Waals surface area contributed by atoms with Gasteiger partial charge in [0.1, 0.15) is 0 Å². The van der Waals surface area contributed by atoms with Crippen LogP contribution >= 0.6 is 28.3 Å². The average Bonchev–Trinajstić information content (AvgIpc) is 2.87. The molecule has 112 valence electrons. The lowest BCUT2D eigenvalue weighted by Crippen LogP contribution is -2.25. The van der Waals surface area contributed by atoms with Gasteiger partial charge in [0.2, 0.25) is 0 Å². The van der Waals surface area contributed by atoms with Crippen LogP contribution in [0.5, 0.6) is 0 Å². The predicted octanol–water partition coefficient (Wildman–Crippen LogP) is 2.80. The summed E-state index contributed by atoms with van der Waals surface area (Å²) in [7, 11) is 0. The van der Waals surface area contributed by atoms with Crippen LogP contribution in [0.15, 0.2) is 22.7 Å². The fraction of sp³-hybridized carbons (Fsp3) is 0.286. The minimum absolute atomic E-state index is 0. The number of H-pyrrole nitrogens is 1. The number of carbonyl (C=O) groups excluding carboxylic acids is 1. The first-order valence-electron chi connectivity index (χ1n) is 6.49. The molecule has 3 rings (SSSR count). The maximum atomic E-state index is 12.3.